The first kappa shape index (κ1) is 21.8. The van der Waals surface area contributed by atoms with Crippen LogP contribution in [-0.2, 0) is 21.2 Å². The van der Waals surface area contributed by atoms with Crippen LogP contribution in [0.1, 0.15) is 30.4 Å². The molecule has 0 unspecified atom stereocenters. The quantitative estimate of drug-likeness (QED) is 0.674. The van der Waals surface area contributed by atoms with E-state index in [2.05, 4.69) is 5.32 Å². The molecule has 1 amide bonds. The van der Waals surface area contributed by atoms with Gasteiger partial charge in [-0.25, -0.2) is 8.42 Å². The molecule has 0 bridgehead atoms. The van der Waals surface area contributed by atoms with Crippen LogP contribution in [-0.4, -0.2) is 38.3 Å². The number of rotatable bonds is 7. The van der Waals surface area contributed by atoms with Gasteiger partial charge in [0.2, 0.25) is 15.9 Å². The molecular formula is C22H27ClN2O3S. The number of aryl methyl sites for hydroxylation is 2. The molecule has 1 atom stereocenters. The number of benzene rings is 2. The highest BCUT2D eigenvalue weighted by atomic mass is 35.5. The van der Waals surface area contributed by atoms with Crippen molar-refractivity contribution >= 4 is 27.5 Å². The lowest BCUT2D eigenvalue weighted by atomic mass is 9.99. The van der Waals surface area contributed by atoms with E-state index in [4.69, 9.17) is 11.6 Å². The number of piperidine rings is 1. The van der Waals surface area contributed by atoms with E-state index in [1.54, 1.807) is 24.3 Å². The fraction of sp³-hybridized carbons (Fsp3) is 0.409. The Morgan fingerprint density at radius 2 is 1.90 bits per heavy atom. The van der Waals surface area contributed by atoms with Crippen molar-refractivity contribution in [1.82, 2.24) is 9.62 Å². The lowest BCUT2D eigenvalue weighted by Crippen LogP contribution is -2.45. The Labute approximate surface area is 178 Å². The average Bonchev–Trinajstić information content (AvgIpc) is 2.72. The fourth-order valence-electron chi connectivity index (χ4n) is 3.57. The monoisotopic (exact) mass is 434 g/mol. The van der Waals surface area contributed by atoms with Gasteiger partial charge in [-0.15, -0.1) is 0 Å². The molecule has 1 aliphatic heterocycles. The normalized spacial score (nSPS) is 17.8. The molecule has 29 heavy (non-hydrogen) atoms. The van der Waals surface area contributed by atoms with Crippen molar-refractivity contribution in [2.24, 2.45) is 5.92 Å². The van der Waals surface area contributed by atoms with Gasteiger partial charge in [0.25, 0.3) is 0 Å². The predicted octanol–water partition coefficient (Wildman–Crippen LogP) is 3.80. The second-order valence-corrected chi connectivity index (χ2v) is 9.85. The van der Waals surface area contributed by atoms with E-state index < -0.39 is 10.0 Å². The Morgan fingerprint density at radius 3 is 2.62 bits per heavy atom. The first-order valence-corrected chi connectivity index (χ1v) is 11.8. The molecule has 0 radical (unpaired) electrons. The van der Waals surface area contributed by atoms with Gasteiger partial charge < -0.3 is 5.32 Å². The van der Waals surface area contributed by atoms with Crippen LogP contribution < -0.4 is 5.32 Å². The topological polar surface area (TPSA) is 66.5 Å². The Balaban J connectivity index is 1.52. The lowest BCUT2D eigenvalue weighted by Gasteiger charge is -2.31. The van der Waals surface area contributed by atoms with Gasteiger partial charge in [-0.3, -0.25) is 4.79 Å². The van der Waals surface area contributed by atoms with Crippen LogP contribution in [0.5, 0.6) is 0 Å². The van der Waals surface area contributed by atoms with Crippen molar-refractivity contribution in [3.05, 3.63) is 64.7 Å². The minimum atomic E-state index is -3.57. The highest BCUT2D eigenvalue weighted by Crippen LogP contribution is 2.24. The summed E-state index contributed by atoms with van der Waals surface area (Å²) in [6.07, 6.45) is 2.96. The molecule has 1 N–H and O–H groups in total. The van der Waals surface area contributed by atoms with Crippen molar-refractivity contribution < 1.29 is 13.2 Å². The van der Waals surface area contributed by atoms with E-state index in [1.165, 1.54) is 4.31 Å². The number of sulfonamides is 1. The molecule has 5 nitrogen and oxygen atoms in total. The molecule has 0 aromatic heterocycles. The molecule has 3 rings (SSSR count). The molecule has 1 fully saturated rings. The molecule has 0 aliphatic carbocycles. The van der Waals surface area contributed by atoms with E-state index in [-0.39, 0.29) is 23.3 Å². The van der Waals surface area contributed by atoms with E-state index in [0.717, 1.165) is 29.0 Å². The Hall–Kier alpha value is -1.89. The second-order valence-electron chi connectivity index (χ2n) is 7.50. The molecule has 0 saturated carbocycles. The summed E-state index contributed by atoms with van der Waals surface area (Å²) >= 11 is 6.16. The molecule has 1 heterocycles. The van der Waals surface area contributed by atoms with Crippen LogP contribution >= 0.6 is 11.6 Å². The number of carbonyl (C=O) groups excluding carboxylic acids is 1. The van der Waals surface area contributed by atoms with E-state index in [9.17, 15) is 13.2 Å². The number of hydrogen-bond acceptors (Lipinski definition) is 3. The SMILES string of the molecule is Cc1ccc(S(=O)(=O)N2CCC[C@H](C(=O)NCCCc3ccccc3Cl)C2)cc1. The van der Waals surface area contributed by atoms with Crippen LogP contribution in [0, 0.1) is 12.8 Å². The van der Waals surface area contributed by atoms with Crippen LogP contribution in [0.15, 0.2) is 53.4 Å². The highest BCUT2D eigenvalue weighted by molar-refractivity contribution is 7.89. The number of halogens is 1. The minimum absolute atomic E-state index is 0.0760. The first-order chi connectivity index (χ1) is 13.9. The van der Waals surface area contributed by atoms with Gasteiger partial charge in [-0.2, -0.15) is 4.31 Å². The van der Waals surface area contributed by atoms with Gasteiger partial charge in [-0.1, -0.05) is 47.5 Å². The van der Waals surface area contributed by atoms with Crippen molar-refractivity contribution in [3.63, 3.8) is 0 Å². The van der Waals surface area contributed by atoms with E-state index in [0.29, 0.717) is 25.9 Å². The summed E-state index contributed by atoms with van der Waals surface area (Å²) in [5, 5.41) is 3.70. The number of hydrogen-bond donors (Lipinski definition) is 1. The Kier molecular flexibility index (Phi) is 7.33. The molecule has 1 aliphatic rings. The van der Waals surface area contributed by atoms with Crippen molar-refractivity contribution in [2.75, 3.05) is 19.6 Å². The van der Waals surface area contributed by atoms with E-state index >= 15 is 0 Å². The largest absolute Gasteiger partial charge is 0.356 e. The van der Waals surface area contributed by atoms with Crippen molar-refractivity contribution in [3.8, 4) is 0 Å². The van der Waals surface area contributed by atoms with Gasteiger partial charge in [0.15, 0.2) is 0 Å². The van der Waals surface area contributed by atoms with Gasteiger partial charge in [-0.05, 0) is 56.4 Å². The lowest BCUT2D eigenvalue weighted by molar-refractivity contribution is -0.126. The van der Waals surface area contributed by atoms with Gasteiger partial charge in [0.1, 0.15) is 0 Å². The van der Waals surface area contributed by atoms with Crippen molar-refractivity contribution in [1.29, 1.82) is 0 Å². The maximum atomic E-state index is 12.9. The Morgan fingerprint density at radius 1 is 1.17 bits per heavy atom. The Bertz CT molecular complexity index is 945. The summed E-state index contributed by atoms with van der Waals surface area (Å²) in [6, 6.07) is 14.5. The molecule has 156 valence electrons. The number of amides is 1. The minimum Gasteiger partial charge on any atom is -0.356 e. The van der Waals surface area contributed by atoms with Crippen LogP contribution in [0.3, 0.4) is 0 Å². The molecule has 2 aromatic carbocycles. The van der Waals surface area contributed by atoms with Crippen LogP contribution in [0.25, 0.3) is 0 Å². The first-order valence-electron chi connectivity index (χ1n) is 9.96. The van der Waals surface area contributed by atoms with E-state index in [1.807, 2.05) is 31.2 Å². The summed E-state index contributed by atoms with van der Waals surface area (Å²) in [5.74, 6) is -0.391. The molecule has 1 saturated heterocycles. The smallest absolute Gasteiger partial charge is 0.243 e. The maximum Gasteiger partial charge on any atom is 0.243 e. The zero-order valence-corrected chi connectivity index (χ0v) is 18.2. The fourth-order valence-corrected chi connectivity index (χ4v) is 5.32. The van der Waals surface area contributed by atoms with Crippen molar-refractivity contribution in [2.45, 2.75) is 37.5 Å². The molecular weight excluding hydrogens is 408 g/mol. The third kappa shape index (κ3) is 5.59. The van der Waals surface area contributed by atoms with Gasteiger partial charge in [0.05, 0.1) is 10.8 Å². The summed E-state index contributed by atoms with van der Waals surface area (Å²) in [5.41, 5.74) is 2.08. The molecule has 0 spiro atoms. The average molecular weight is 435 g/mol. The zero-order chi connectivity index (χ0) is 20.9. The predicted molar refractivity (Wildman–Crippen MR) is 115 cm³/mol. The summed E-state index contributed by atoms with van der Waals surface area (Å²) in [4.78, 5) is 12.9. The molecule has 2 aromatic rings. The third-order valence-electron chi connectivity index (χ3n) is 5.29. The number of nitrogens with zero attached hydrogens (tertiary/aromatic N) is 1. The van der Waals surface area contributed by atoms with Crippen LogP contribution in [0.4, 0.5) is 0 Å². The zero-order valence-electron chi connectivity index (χ0n) is 16.6. The number of nitrogens with one attached hydrogen (secondary N) is 1. The summed E-state index contributed by atoms with van der Waals surface area (Å²) in [6.45, 7) is 3.15. The maximum absolute atomic E-state index is 12.9. The van der Waals surface area contributed by atoms with Gasteiger partial charge >= 0.3 is 0 Å². The number of carbonyl (C=O) groups is 1. The second kappa shape index (κ2) is 9.74. The standard InChI is InChI=1S/C22H27ClN2O3S/c1-17-10-12-20(13-11-17)29(27,28)25-15-5-8-19(16-25)22(26)24-14-4-7-18-6-2-3-9-21(18)23/h2-3,6,9-13,19H,4-5,7-8,14-16H2,1H3,(H,24,26)/t19-/m0/s1. The van der Waals surface area contributed by atoms with Gasteiger partial charge in [0, 0.05) is 24.7 Å². The summed E-state index contributed by atoms with van der Waals surface area (Å²) in [7, 11) is -3.57. The highest BCUT2D eigenvalue weighted by Gasteiger charge is 2.33. The van der Waals surface area contributed by atoms with Crippen LogP contribution in [0.2, 0.25) is 5.02 Å². The molecule has 7 heteroatoms. The summed E-state index contributed by atoms with van der Waals surface area (Å²) < 4.78 is 27.2. The third-order valence-corrected chi connectivity index (χ3v) is 7.54.